The van der Waals surface area contributed by atoms with Crippen molar-refractivity contribution in [2.75, 3.05) is 48.4 Å². The van der Waals surface area contributed by atoms with E-state index in [-0.39, 0.29) is 36.0 Å². The van der Waals surface area contributed by atoms with Crippen molar-refractivity contribution < 1.29 is 9.53 Å². The van der Waals surface area contributed by atoms with E-state index in [9.17, 15) is 4.79 Å². The molecule has 0 bridgehead atoms. The van der Waals surface area contributed by atoms with Crippen molar-refractivity contribution in [2.24, 2.45) is 4.99 Å². The minimum absolute atomic E-state index is 0. The van der Waals surface area contributed by atoms with Crippen LogP contribution in [0.15, 0.2) is 34.6 Å². The average Bonchev–Trinajstić information content (AvgIpc) is 3.22. The van der Waals surface area contributed by atoms with Crippen LogP contribution < -0.4 is 10.6 Å². The van der Waals surface area contributed by atoms with Crippen LogP contribution in [0, 0.1) is 0 Å². The van der Waals surface area contributed by atoms with Crippen molar-refractivity contribution in [2.45, 2.75) is 26.1 Å². The number of aromatic nitrogens is 1. The second-order valence-electron chi connectivity index (χ2n) is 7.57. The van der Waals surface area contributed by atoms with Gasteiger partial charge in [-0.05, 0) is 38.7 Å². The predicted molar refractivity (Wildman–Crippen MR) is 142 cm³/mol. The maximum Gasteiger partial charge on any atom is 0.251 e. The summed E-state index contributed by atoms with van der Waals surface area (Å²) in [5.74, 6) is 0.699. The number of thiazole rings is 1. The van der Waals surface area contributed by atoms with Gasteiger partial charge in [-0.1, -0.05) is 12.1 Å². The van der Waals surface area contributed by atoms with Crippen molar-refractivity contribution in [3.63, 3.8) is 0 Å². The molecule has 178 valence electrons. The maximum absolute atomic E-state index is 12.4. The first-order valence-corrected chi connectivity index (χ1v) is 11.1. The summed E-state index contributed by atoms with van der Waals surface area (Å²) in [6, 6.07) is 7.63. The van der Waals surface area contributed by atoms with Crippen LogP contribution in [0.25, 0.3) is 0 Å². The van der Waals surface area contributed by atoms with Gasteiger partial charge in [0.25, 0.3) is 5.91 Å². The van der Waals surface area contributed by atoms with Crippen molar-refractivity contribution in [1.82, 2.24) is 25.4 Å². The van der Waals surface area contributed by atoms with Gasteiger partial charge in [-0.3, -0.25) is 9.79 Å². The van der Waals surface area contributed by atoms with E-state index in [2.05, 4.69) is 20.6 Å². The number of nitrogens with one attached hydrogen (secondary N) is 2. The average molecular weight is 575 g/mol. The standard InChI is InChI=1S/C22H34N6O2S.HI/c1-16(30-6)21-26-19(15-31-21)14-28(5)22(23-2)25-13-17-8-7-9-18(12-17)20(29)24-10-11-27(3)4;/h7-9,12,15-16H,10-11,13-14H2,1-6H3,(H,23,25)(H,24,29);1H. The molecular weight excluding hydrogens is 539 g/mol. The third-order valence-electron chi connectivity index (χ3n) is 4.73. The molecule has 10 heteroatoms. The van der Waals surface area contributed by atoms with Gasteiger partial charge in [-0.2, -0.15) is 0 Å². The number of ether oxygens (including phenoxy) is 1. The zero-order valence-electron chi connectivity index (χ0n) is 19.7. The highest BCUT2D eigenvalue weighted by Gasteiger charge is 2.13. The number of hydrogen-bond acceptors (Lipinski definition) is 6. The second-order valence-corrected chi connectivity index (χ2v) is 8.46. The molecule has 0 saturated carbocycles. The molecule has 0 spiro atoms. The number of methoxy groups -OCH3 is 1. The summed E-state index contributed by atoms with van der Waals surface area (Å²) >= 11 is 1.60. The van der Waals surface area contributed by atoms with E-state index in [0.717, 1.165) is 28.8 Å². The molecule has 0 aliphatic rings. The van der Waals surface area contributed by atoms with Gasteiger partial charge in [0.05, 0.1) is 12.2 Å². The molecule has 0 radical (unpaired) electrons. The Morgan fingerprint density at radius 2 is 2.03 bits per heavy atom. The number of carbonyl (C=O) groups excluding carboxylic acids is 1. The van der Waals surface area contributed by atoms with Crippen LogP contribution in [0.2, 0.25) is 0 Å². The molecule has 8 nitrogen and oxygen atoms in total. The van der Waals surface area contributed by atoms with E-state index in [1.165, 1.54) is 0 Å². The van der Waals surface area contributed by atoms with Gasteiger partial charge in [-0.15, -0.1) is 35.3 Å². The molecular formula is C22H35IN6O2S. The van der Waals surface area contributed by atoms with E-state index in [4.69, 9.17) is 4.74 Å². The summed E-state index contributed by atoms with van der Waals surface area (Å²) in [6.45, 7) is 4.62. The van der Waals surface area contributed by atoms with E-state index < -0.39 is 0 Å². The monoisotopic (exact) mass is 574 g/mol. The van der Waals surface area contributed by atoms with Crippen LogP contribution in [0.1, 0.15) is 39.7 Å². The molecule has 1 amide bonds. The Kier molecular flexibility index (Phi) is 12.7. The Balaban J connectivity index is 0.00000512. The number of aliphatic imine (C=N–C) groups is 1. The number of guanidine groups is 1. The molecule has 1 unspecified atom stereocenters. The molecule has 1 aromatic carbocycles. The van der Waals surface area contributed by atoms with Crippen molar-refractivity contribution >= 4 is 47.2 Å². The molecule has 1 heterocycles. The highest BCUT2D eigenvalue weighted by atomic mass is 127. The van der Waals surface area contributed by atoms with Gasteiger partial charge in [0, 0.05) is 51.8 Å². The molecule has 0 aliphatic heterocycles. The molecule has 2 aromatic rings. The Labute approximate surface area is 212 Å². The lowest BCUT2D eigenvalue weighted by atomic mass is 10.1. The van der Waals surface area contributed by atoms with E-state index in [0.29, 0.717) is 25.2 Å². The van der Waals surface area contributed by atoms with Crippen molar-refractivity contribution in [1.29, 1.82) is 0 Å². The van der Waals surface area contributed by atoms with Crippen LogP contribution in [0.3, 0.4) is 0 Å². The van der Waals surface area contributed by atoms with Gasteiger partial charge in [0.1, 0.15) is 11.1 Å². The SMILES string of the molecule is CN=C(NCc1cccc(C(=O)NCCN(C)C)c1)N(C)Cc1csc(C(C)OC)n1.I. The predicted octanol–water partition coefficient (Wildman–Crippen LogP) is 2.97. The molecule has 0 fully saturated rings. The lowest BCUT2D eigenvalue weighted by molar-refractivity contribution is 0.0951. The minimum atomic E-state index is -0.0603. The first-order chi connectivity index (χ1) is 14.8. The minimum Gasteiger partial charge on any atom is -0.375 e. The van der Waals surface area contributed by atoms with Gasteiger partial charge in [-0.25, -0.2) is 4.98 Å². The van der Waals surface area contributed by atoms with E-state index >= 15 is 0 Å². The molecule has 0 aliphatic carbocycles. The summed E-state index contributed by atoms with van der Waals surface area (Å²) < 4.78 is 5.34. The molecule has 32 heavy (non-hydrogen) atoms. The summed E-state index contributed by atoms with van der Waals surface area (Å²) in [5, 5.41) is 9.32. The van der Waals surface area contributed by atoms with Crippen molar-refractivity contribution in [3.8, 4) is 0 Å². The third kappa shape index (κ3) is 9.00. The highest BCUT2D eigenvalue weighted by Crippen LogP contribution is 2.20. The van der Waals surface area contributed by atoms with Crippen LogP contribution in [-0.2, 0) is 17.8 Å². The topological polar surface area (TPSA) is 82.1 Å². The largest absolute Gasteiger partial charge is 0.375 e. The van der Waals surface area contributed by atoms with Crippen molar-refractivity contribution in [3.05, 3.63) is 51.5 Å². The summed E-state index contributed by atoms with van der Waals surface area (Å²) in [4.78, 5) is 25.4. The first kappa shape index (κ1) is 28.3. The fourth-order valence-corrected chi connectivity index (χ4v) is 3.73. The normalized spacial score (nSPS) is 12.3. The van der Waals surface area contributed by atoms with Gasteiger partial charge >= 0.3 is 0 Å². The summed E-state index contributed by atoms with van der Waals surface area (Å²) in [6.07, 6.45) is -0.00569. The van der Waals surface area contributed by atoms with Gasteiger partial charge in [0.2, 0.25) is 0 Å². The van der Waals surface area contributed by atoms with Crippen LogP contribution in [0.4, 0.5) is 0 Å². The lowest BCUT2D eigenvalue weighted by Gasteiger charge is -2.21. The lowest BCUT2D eigenvalue weighted by Crippen LogP contribution is -2.38. The Morgan fingerprint density at radius 1 is 1.28 bits per heavy atom. The van der Waals surface area contributed by atoms with Gasteiger partial charge < -0.3 is 25.2 Å². The fraction of sp³-hybridized carbons (Fsp3) is 0.500. The molecule has 2 rings (SSSR count). The quantitative estimate of drug-likeness (QED) is 0.258. The van der Waals surface area contributed by atoms with Crippen LogP contribution in [-0.4, -0.2) is 75.0 Å². The number of carbonyl (C=O) groups is 1. The van der Waals surface area contributed by atoms with Crippen LogP contribution in [0.5, 0.6) is 0 Å². The van der Waals surface area contributed by atoms with Crippen LogP contribution >= 0.6 is 35.3 Å². The number of likely N-dealkylation sites (N-methyl/N-ethyl adjacent to an activating group) is 1. The molecule has 0 saturated heterocycles. The maximum atomic E-state index is 12.4. The van der Waals surface area contributed by atoms with E-state index in [1.54, 1.807) is 25.5 Å². The summed E-state index contributed by atoms with van der Waals surface area (Å²) in [5.41, 5.74) is 2.65. The molecule has 1 aromatic heterocycles. The highest BCUT2D eigenvalue weighted by molar-refractivity contribution is 14.0. The first-order valence-electron chi connectivity index (χ1n) is 10.2. The zero-order valence-corrected chi connectivity index (χ0v) is 22.9. The Morgan fingerprint density at radius 3 is 2.69 bits per heavy atom. The Hall–Kier alpha value is -1.76. The number of nitrogens with zero attached hydrogens (tertiary/aromatic N) is 4. The zero-order chi connectivity index (χ0) is 22.8. The number of rotatable bonds is 10. The van der Waals surface area contributed by atoms with E-state index in [1.807, 2.05) is 67.5 Å². The smallest absolute Gasteiger partial charge is 0.251 e. The van der Waals surface area contributed by atoms with Gasteiger partial charge in [0.15, 0.2) is 5.96 Å². The number of amides is 1. The number of benzene rings is 1. The fourth-order valence-electron chi connectivity index (χ4n) is 2.88. The number of hydrogen-bond donors (Lipinski definition) is 2. The second kappa shape index (κ2) is 14.4. The number of halogens is 1. The molecule has 1 atom stereocenters. The molecule has 2 N–H and O–H groups in total. The summed E-state index contributed by atoms with van der Waals surface area (Å²) in [7, 11) is 9.38. The third-order valence-corrected chi connectivity index (χ3v) is 5.78. The Bertz CT molecular complexity index is 874.